The number of nitrogens with one attached hydrogen (secondary N) is 1. The van der Waals surface area contributed by atoms with Crippen molar-refractivity contribution >= 4 is 28.7 Å². The topological polar surface area (TPSA) is 78.7 Å². The summed E-state index contributed by atoms with van der Waals surface area (Å²) in [6, 6.07) is 5.30. The number of hydrogen-bond donors (Lipinski definition) is 1. The first-order chi connectivity index (χ1) is 12.2. The Balaban J connectivity index is 1.52. The zero-order chi connectivity index (χ0) is 17.4. The Hall–Kier alpha value is -2.57. The van der Waals surface area contributed by atoms with Crippen molar-refractivity contribution in [3.05, 3.63) is 24.1 Å². The molecule has 2 aromatic rings. The van der Waals surface area contributed by atoms with E-state index in [4.69, 9.17) is 4.42 Å². The molecule has 0 aliphatic carbocycles. The summed E-state index contributed by atoms with van der Waals surface area (Å²) < 4.78 is 5.60. The van der Waals surface area contributed by atoms with Gasteiger partial charge in [0.2, 0.25) is 5.91 Å². The summed E-state index contributed by atoms with van der Waals surface area (Å²) in [5.41, 5.74) is 2.15. The van der Waals surface area contributed by atoms with Gasteiger partial charge in [0.05, 0.1) is 0 Å². The summed E-state index contributed by atoms with van der Waals surface area (Å²) in [6.07, 6.45) is 3.92. The van der Waals surface area contributed by atoms with Gasteiger partial charge in [0.1, 0.15) is 11.7 Å². The number of piperidine rings is 1. The Kier molecular flexibility index (Phi) is 4.07. The molecule has 2 aliphatic heterocycles. The zero-order valence-electron chi connectivity index (χ0n) is 14.3. The van der Waals surface area contributed by atoms with E-state index in [-0.39, 0.29) is 18.1 Å². The van der Waals surface area contributed by atoms with E-state index >= 15 is 0 Å². The van der Waals surface area contributed by atoms with E-state index in [2.05, 4.69) is 10.3 Å². The second kappa shape index (κ2) is 6.38. The third-order valence-electron chi connectivity index (χ3n) is 4.96. The molecule has 25 heavy (non-hydrogen) atoms. The van der Waals surface area contributed by atoms with Crippen molar-refractivity contribution in [2.45, 2.75) is 45.2 Å². The highest BCUT2D eigenvalue weighted by Crippen LogP contribution is 2.26. The molecule has 0 spiro atoms. The molecule has 4 rings (SSSR count). The van der Waals surface area contributed by atoms with Crippen molar-refractivity contribution in [3.8, 4) is 0 Å². The second-order valence-corrected chi connectivity index (χ2v) is 6.58. The number of aromatic nitrogens is 1. The lowest BCUT2D eigenvalue weighted by molar-refractivity contribution is -0.144. The summed E-state index contributed by atoms with van der Waals surface area (Å²) in [5.74, 6) is 0.843. The fraction of sp³-hybridized carbons (Fsp3) is 0.500. The highest BCUT2D eigenvalue weighted by molar-refractivity contribution is 5.93. The number of urea groups is 1. The van der Waals surface area contributed by atoms with Crippen LogP contribution in [0.4, 0.5) is 10.5 Å². The van der Waals surface area contributed by atoms with Crippen molar-refractivity contribution in [2.75, 3.05) is 18.4 Å². The monoisotopic (exact) mass is 342 g/mol. The molecular weight excluding hydrogens is 320 g/mol. The fourth-order valence-corrected chi connectivity index (χ4v) is 3.67. The number of amides is 3. The number of rotatable bonds is 2. The lowest BCUT2D eigenvalue weighted by Crippen LogP contribution is -2.60. The Morgan fingerprint density at radius 2 is 2.24 bits per heavy atom. The van der Waals surface area contributed by atoms with E-state index in [1.807, 2.05) is 30.0 Å². The largest absolute Gasteiger partial charge is 0.441 e. The maximum Gasteiger partial charge on any atom is 0.323 e. The van der Waals surface area contributed by atoms with Gasteiger partial charge in [0.25, 0.3) is 0 Å². The molecule has 0 radical (unpaired) electrons. The van der Waals surface area contributed by atoms with Crippen LogP contribution < -0.4 is 5.32 Å². The Morgan fingerprint density at radius 1 is 1.36 bits per heavy atom. The Morgan fingerprint density at radius 3 is 3.08 bits per heavy atom. The molecule has 0 bridgehead atoms. The molecule has 3 amide bonds. The van der Waals surface area contributed by atoms with Crippen LogP contribution >= 0.6 is 0 Å². The van der Waals surface area contributed by atoms with Gasteiger partial charge >= 0.3 is 6.03 Å². The SMILES string of the molecule is CCc1nc2cc(NC(=O)N3CCC(=O)N4CCCCC43)ccc2o1. The summed E-state index contributed by atoms with van der Waals surface area (Å²) in [5, 5.41) is 2.95. The van der Waals surface area contributed by atoms with Gasteiger partial charge in [-0.05, 0) is 37.5 Å². The van der Waals surface area contributed by atoms with E-state index in [1.54, 1.807) is 4.90 Å². The molecule has 132 valence electrons. The first-order valence-corrected chi connectivity index (χ1v) is 8.92. The predicted molar refractivity (Wildman–Crippen MR) is 93.1 cm³/mol. The van der Waals surface area contributed by atoms with Gasteiger partial charge < -0.3 is 19.5 Å². The van der Waals surface area contributed by atoms with Crippen LogP contribution in [-0.4, -0.2) is 46.0 Å². The third kappa shape index (κ3) is 2.94. The van der Waals surface area contributed by atoms with Gasteiger partial charge in [0.15, 0.2) is 11.5 Å². The van der Waals surface area contributed by atoms with Crippen molar-refractivity contribution in [3.63, 3.8) is 0 Å². The smallest absolute Gasteiger partial charge is 0.323 e. The van der Waals surface area contributed by atoms with E-state index in [9.17, 15) is 9.59 Å². The highest BCUT2D eigenvalue weighted by Gasteiger charge is 2.37. The lowest BCUT2D eigenvalue weighted by Gasteiger charge is -2.46. The number of oxazole rings is 1. The van der Waals surface area contributed by atoms with Crippen LogP contribution in [0.2, 0.25) is 0 Å². The lowest BCUT2D eigenvalue weighted by atomic mass is 10.0. The molecule has 1 unspecified atom stereocenters. The van der Waals surface area contributed by atoms with Crippen molar-refractivity contribution < 1.29 is 14.0 Å². The van der Waals surface area contributed by atoms with E-state index in [0.29, 0.717) is 24.5 Å². The van der Waals surface area contributed by atoms with Crippen LogP contribution in [0.3, 0.4) is 0 Å². The van der Waals surface area contributed by atoms with Crippen LogP contribution in [0.25, 0.3) is 11.1 Å². The van der Waals surface area contributed by atoms with Gasteiger partial charge in [-0.3, -0.25) is 4.79 Å². The summed E-state index contributed by atoms with van der Waals surface area (Å²) >= 11 is 0. The molecule has 3 heterocycles. The van der Waals surface area contributed by atoms with Crippen LogP contribution in [0.5, 0.6) is 0 Å². The Labute approximate surface area is 146 Å². The van der Waals surface area contributed by atoms with Gasteiger partial charge in [-0.2, -0.15) is 0 Å². The first-order valence-electron chi connectivity index (χ1n) is 8.92. The minimum atomic E-state index is -0.164. The van der Waals surface area contributed by atoms with E-state index in [0.717, 1.165) is 43.3 Å². The molecule has 1 aromatic heterocycles. The summed E-state index contributed by atoms with van der Waals surface area (Å²) in [4.78, 5) is 32.9. The molecule has 7 nitrogen and oxygen atoms in total. The number of carbonyl (C=O) groups is 2. The van der Waals surface area contributed by atoms with Gasteiger partial charge in [-0.1, -0.05) is 6.92 Å². The molecule has 2 fully saturated rings. The quantitative estimate of drug-likeness (QED) is 0.910. The first kappa shape index (κ1) is 15.9. The van der Waals surface area contributed by atoms with Gasteiger partial charge in [-0.15, -0.1) is 0 Å². The zero-order valence-corrected chi connectivity index (χ0v) is 14.3. The number of nitrogens with zero attached hydrogens (tertiary/aromatic N) is 3. The van der Waals surface area contributed by atoms with Gasteiger partial charge in [-0.25, -0.2) is 9.78 Å². The van der Waals surface area contributed by atoms with Crippen LogP contribution in [-0.2, 0) is 11.2 Å². The number of benzene rings is 1. The number of hydrogen-bond acceptors (Lipinski definition) is 4. The number of fused-ring (bicyclic) bond motifs is 2. The van der Waals surface area contributed by atoms with Crippen LogP contribution in [0.15, 0.2) is 22.6 Å². The third-order valence-corrected chi connectivity index (χ3v) is 4.96. The minimum Gasteiger partial charge on any atom is -0.441 e. The molecule has 1 N–H and O–H groups in total. The number of anilines is 1. The van der Waals surface area contributed by atoms with Crippen molar-refractivity contribution in [1.29, 1.82) is 0 Å². The summed E-state index contributed by atoms with van der Waals surface area (Å²) in [6.45, 7) is 3.21. The fourth-order valence-electron chi connectivity index (χ4n) is 3.67. The predicted octanol–water partition coefficient (Wildman–Crippen LogP) is 2.97. The minimum absolute atomic E-state index is 0.113. The van der Waals surface area contributed by atoms with Crippen LogP contribution in [0, 0.1) is 0 Å². The highest BCUT2D eigenvalue weighted by atomic mass is 16.3. The molecule has 0 saturated carbocycles. The number of carbonyl (C=O) groups excluding carboxylic acids is 2. The standard InChI is InChI=1S/C18H22N4O3/c1-2-15-20-13-11-12(6-7-14(13)25-15)19-18(24)22-10-8-17(23)21-9-4-3-5-16(21)22/h6-7,11,16H,2-5,8-10H2,1H3,(H,19,24). The maximum absolute atomic E-state index is 12.8. The average molecular weight is 342 g/mol. The second-order valence-electron chi connectivity index (χ2n) is 6.58. The van der Waals surface area contributed by atoms with Crippen LogP contribution in [0.1, 0.15) is 38.5 Å². The van der Waals surface area contributed by atoms with Crippen molar-refractivity contribution in [2.24, 2.45) is 0 Å². The Bertz CT molecular complexity index is 816. The average Bonchev–Trinajstić information content (AvgIpc) is 3.04. The maximum atomic E-state index is 12.8. The molecule has 1 aromatic carbocycles. The molecule has 1 atom stereocenters. The normalized spacial score (nSPS) is 20.7. The molecule has 2 aliphatic rings. The van der Waals surface area contributed by atoms with Gasteiger partial charge in [0, 0.05) is 31.6 Å². The molecule has 2 saturated heterocycles. The molecule has 7 heteroatoms. The van der Waals surface area contributed by atoms with E-state index in [1.165, 1.54) is 0 Å². The number of aryl methyl sites for hydroxylation is 1. The van der Waals surface area contributed by atoms with E-state index < -0.39 is 0 Å². The summed E-state index contributed by atoms with van der Waals surface area (Å²) in [7, 11) is 0. The van der Waals surface area contributed by atoms with Crippen molar-refractivity contribution in [1.82, 2.24) is 14.8 Å². The molecular formula is C18H22N4O3.